The minimum absolute atomic E-state index is 0.00969. The zero-order chi connectivity index (χ0) is 14.4. The molecule has 0 aliphatic heterocycles. The molecule has 20 heavy (non-hydrogen) atoms. The molecule has 0 radical (unpaired) electrons. The van der Waals surface area contributed by atoms with Crippen LogP contribution in [0.2, 0.25) is 0 Å². The molecule has 0 bridgehead atoms. The van der Waals surface area contributed by atoms with Gasteiger partial charge in [0.25, 0.3) is 5.91 Å². The molecule has 0 aromatic heterocycles. The number of carbonyl (C=O) groups excluding carboxylic acids is 1. The Balaban J connectivity index is 2.03. The summed E-state index contributed by atoms with van der Waals surface area (Å²) in [4.78, 5) is 12.3. The summed E-state index contributed by atoms with van der Waals surface area (Å²) in [6, 6.07) is 7.11. The molecule has 0 spiro atoms. The number of carbonyl (C=O) groups is 1. The Labute approximate surface area is 120 Å². The predicted molar refractivity (Wildman–Crippen MR) is 78.0 cm³/mol. The zero-order valence-corrected chi connectivity index (χ0v) is 12.0. The molecule has 0 heterocycles. The van der Waals surface area contributed by atoms with Crippen LogP contribution in [0.4, 0.5) is 0 Å². The van der Waals surface area contributed by atoms with Crippen LogP contribution in [0.25, 0.3) is 0 Å². The maximum absolute atomic E-state index is 12.3. The molecule has 0 atom stereocenters. The number of hydrogen-bond acceptors (Lipinski definition) is 3. The second kappa shape index (κ2) is 6.75. The van der Waals surface area contributed by atoms with Gasteiger partial charge in [0.05, 0.1) is 18.8 Å². The highest BCUT2D eigenvalue weighted by molar-refractivity contribution is 5.94. The van der Waals surface area contributed by atoms with Crippen LogP contribution in [-0.2, 0) is 0 Å². The Hall–Kier alpha value is -1.55. The van der Waals surface area contributed by atoms with Crippen molar-refractivity contribution < 1.29 is 14.6 Å². The third kappa shape index (κ3) is 3.51. The predicted octanol–water partition coefficient (Wildman–Crippen LogP) is 2.51. The van der Waals surface area contributed by atoms with Crippen LogP contribution in [0.1, 0.15) is 49.4 Å². The number of aliphatic hydroxyl groups is 1. The highest BCUT2D eigenvalue weighted by Crippen LogP contribution is 2.28. The summed E-state index contributed by atoms with van der Waals surface area (Å²) in [6.45, 7) is 2.55. The van der Waals surface area contributed by atoms with Gasteiger partial charge in [0, 0.05) is 5.56 Å². The van der Waals surface area contributed by atoms with Crippen molar-refractivity contribution >= 4 is 5.91 Å². The summed E-state index contributed by atoms with van der Waals surface area (Å²) in [5.74, 6) is 0.641. The number of nitrogens with one attached hydrogen (secondary N) is 1. The minimum atomic E-state index is -0.437. The van der Waals surface area contributed by atoms with E-state index in [0.29, 0.717) is 12.2 Å². The minimum Gasteiger partial charge on any atom is -0.494 e. The van der Waals surface area contributed by atoms with Crippen molar-refractivity contribution in [3.63, 3.8) is 0 Å². The van der Waals surface area contributed by atoms with Gasteiger partial charge < -0.3 is 15.2 Å². The first-order valence-electron chi connectivity index (χ1n) is 7.35. The fourth-order valence-corrected chi connectivity index (χ4v) is 2.73. The molecule has 2 N–H and O–H groups in total. The number of benzene rings is 1. The standard InChI is InChI=1S/C16H23NO3/c1-2-20-14-8-6-13(7-9-14)15(19)17-16(12-18)10-4-3-5-11-16/h6-9,18H,2-5,10-12H2,1H3,(H,17,19). The Morgan fingerprint density at radius 2 is 1.90 bits per heavy atom. The van der Waals surface area contributed by atoms with Gasteiger partial charge in [-0.05, 0) is 44.0 Å². The van der Waals surface area contributed by atoms with E-state index in [2.05, 4.69) is 5.32 Å². The Morgan fingerprint density at radius 3 is 2.45 bits per heavy atom. The average Bonchev–Trinajstić information content (AvgIpc) is 2.49. The van der Waals surface area contributed by atoms with Crippen LogP contribution >= 0.6 is 0 Å². The molecule has 1 fully saturated rings. The first kappa shape index (κ1) is 14.9. The smallest absolute Gasteiger partial charge is 0.251 e. The van der Waals surface area contributed by atoms with Gasteiger partial charge in [-0.2, -0.15) is 0 Å². The summed E-state index contributed by atoms with van der Waals surface area (Å²) in [5, 5.41) is 12.6. The number of aliphatic hydroxyl groups excluding tert-OH is 1. The van der Waals surface area contributed by atoms with E-state index in [-0.39, 0.29) is 12.5 Å². The Kier molecular flexibility index (Phi) is 5.01. The van der Waals surface area contributed by atoms with Gasteiger partial charge in [-0.25, -0.2) is 0 Å². The Bertz CT molecular complexity index is 436. The highest BCUT2D eigenvalue weighted by Gasteiger charge is 2.33. The maximum Gasteiger partial charge on any atom is 0.251 e. The lowest BCUT2D eigenvalue weighted by atomic mass is 9.82. The number of ether oxygens (including phenoxy) is 1. The van der Waals surface area contributed by atoms with Crippen LogP contribution in [0.3, 0.4) is 0 Å². The lowest BCUT2D eigenvalue weighted by Crippen LogP contribution is -2.52. The van der Waals surface area contributed by atoms with Gasteiger partial charge in [-0.15, -0.1) is 0 Å². The fraction of sp³-hybridized carbons (Fsp3) is 0.562. The summed E-state index contributed by atoms with van der Waals surface area (Å²) >= 11 is 0. The molecule has 1 aliphatic rings. The van der Waals surface area contributed by atoms with E-state index in [1.807, 2.05) is 6.92 Å². The fourth-order valence-electron chi connectivity index (χ4n) is 2.73. The van der Waals surface area contributed by atoms with Crippen LogP contribution in [0.5, 0.6) is 5.75 Å². The van der Waals surface area contributed by atoms with E-state index in [1.165, 1.54) is 6.42 Å². The third-order valence-corrected chi connectivity index (χ3v) is 3.92. The third-order valence-electron chi connectivity index (χ3n) is 3.92. The van der Waals surface area contributed by atoms with E-state index >= 15 is 0 Å². The van der Waals surface area contributed by atoms with Gasteiger partial charge in [0.2, 0.25) is 0 Å². The van der Waals surface area contributed by atoms with Crippen molar-refractivity contribution in [3.8, 4) is 5.75 Å². The number of hydrogen-bond donors (Lipinski definition) is 2. The topological polar surface area (TPSA) is 58.6 Å². The van der Waals surface area contributed by atoms with Gasteiger partial charge >= 0.3 is 0 Å². The molecule has 1 amide bonds. The molecule has 1 aliphatic carbocycles. The zero-order valence-electron chi connectivity index (χ0n) is 12.0. The molecule has 2 rings (SSSR count). The van der Waals surface area contributed by atoms with Gasteiger partial charge in [0.1, 0.15) is 5.75 Å². The number of rotatable bonds is 5. The van der Waals surface area contributed by atoms with Crippen molar-refractivity contribution in [3.05, 3.63) is 29.8 Å². The van der Waals surface area contributed by atoms with Crippen LogP contribution in [-0.4, -0.2) is 29.8 Å². The lowest BCUT2D eigenvalue weighted by molar-refractivity contribution is 0.0758. The monoisotopic (exact) mass is 277 g/mol. The van der Waals surface area contributed by atoms with Crippen LogP contribution in [0, 0.1) is 0 Å². The van der Waals surface area contributed by atoms with Crippen molar-refractivity contribution in [1.29, 1.82) is 0 Å². The normalized spacial score (nSPS) is 17.5. The second-order valence-corrected chi connectivity index (χ2v) is 5.41. The summed E-state index contributed by atoms with van der Waals surface area (Å²) in [7, 11) is 0. The van der Waals surface area contributed by atoms with E-state index in [1.54, 1.807) is 24.3 Å². The SMILES string of the molecule is CCOc1ccc(C(=O)NC2(CO)CCCCC2)cc1. The van der Waals surface area contributed by atoms with Gasteiger partial charge in [0.15, 0.2) is 0 Å². The average molecular weight is 277 g/mol. The van der Waals surface area contributed by atoms with Crippen LogP contribution < -0.4 is 10.1 Å². The molecule has 1 aromatic carbocycles. The summed E-state index contributed by atoms with van der Waals surface area (Å²) < 4.78 is 5.36. The molecule has 4 heteroatoms. The second-order valence-electron chi connectivity index (χ2n) is 5.41. The molecule has 0 saturated heterocycles. The summed E-state index contributed by atoms with van der Waals surface area (Å²) in [5.41, 5.74) is 0.167. The maximum atomic E-state index is 12.3. The van der Waals surface area contributed by atoms with E-state index in [9.17, 15) is 9.90 Å². The highest BCUT2D eigenvalue weighted by atomic mass is 16.5. The van der Waals surface area contributed by atoms with Gasteiger partial charge in [-0.3, -0.25) is 4.79 Å². The molecule has 1 saturated carbocycles. The molecular formula is C16H23NO3. The van der Waals surface area contributed by atoms with E-state index in [0.717, 1.165) is 31.4 Å². The van der Waals surface area contributed by atoms with E-state index < -0.39 is 5.54 Å². The largest absolute Gasteiger partial charge is 0.494 e. The first-order chi connectivity index (χ1) is 9.69. The molecule has 110 valence electrons. The van der Waals surface area contributed by atoms with Crippen molar-refractivity contribution in [2.24, 2.45) is 0 Å². The molecule has 1 aromatic rings. The summed E-state index contributed by atoms with van der Waals surface area (Å²) in [6.07, 6.45) is 5.01. The van der Waals surface area contributed by atoms with Crippen molar-refractivity contribution in [2.75, 3.05) is 13.2 Å². The lowest BCUT2D eigenvalue weighted by Gasteiger charge is -2.36. The molecular weight excluding hydrogens is 254 g/mol. The van der Waals surface area contributed by atoms with Crippen LogP contribution in [0.15, 0.2) is 24.3 Å². The van der Waals surface area contributed by atoms with Crippen molar-refractivity contribution in [1.82, 2.24) is 5.32 Å². The van der Waals surface area contributed by atoms with Gasteiger partial charge in [-0.1, -0.05) is 19.3 Å². The first-order valence-corrected chi connectivity index (χ1v) is 7.35. The Morgan fingerprint density at radius 1 is 1.25 bits per heavy atom. The molecule has 4 nitrogen and oxygen atoms in total. The quantitative estimate of drug-likeness (QED) is 0.869. The number of amides is 1. The van der Waals surface area contributed by atoms with Crippen molar-refractivity contribution in [2.45, 2.75) is 44.6 Å². The van der Waals surface area contributed by atoms with E-state index in [4.69, 9.17) is 4.74 Å². The molecule has 0 unspecified atom stereocenters.